The van der Waals surface area contributed by atoms with Gasteiger partial charge in [0.1, 0.15) is 0 Å². The van der Waals surface area contributed by atoms with Gasteiger partial charge in [-0.3, -0.25) is 4.79 Å². The lowest BCUT2D eigenvalue weighted by molar-refractivity contribution is -0.126. The molecule has 3 heteroatoms. The lowest BCUT2D eigenvalue weighted by atomic mass is 10.0. The van der Waals surface area contributed by atoms with Crippen molar-refractivity contribution in [1.29, 1.82) is 0 Å². The minimum Gasteiger partial charge on any atom is -0.355 e. The molecule has 0 aromatic heterocycles. The van der Waals surface area contributed by atoms with Crippen LogP contribution in [0.1, 0.15) is 48.5 Å². The van der Waals surface area contributed by atoms with Crippen LogP contribution in [0.15, 0.2) is 0 Å². The molecule has 0 atom stereocenters. The second kappa shape index (κ2) is 7.80. The normalized spacial score (nSPS) is 10.6. The van der Waals surface area contributed by atoms with Gasteiger partial charge in [0.25, 0.3) is 0 Å². The third kappa shape index (κ3) is 6.89. The van der Waals surface area contributed by atoms with Gasteiger partial charge in [-0.25, -0.2) is 0 Å². The highest BCUT2D eigenvalue weighted by molar-refractivity contribution is 5.85. The Morgan fingerprint density at radius 3 is 2.00 bits per heavy atom. The molecule has 14 heavy (non-hydrogen) atoms. The fourth-order valence-electron chi connectivity index (χ4n) is 1.17. The highest BCUT2D eigenvalue weighted by Crippen LogP contribution is 2.03. The van der Waals surface area contributed by atoms with Crippen LogP contribution in [0.4, 0.5) is 0 Å². The zero-order valence-electron chi connectivity index (χ0n) is 10.7. The van der Waals surface area contributed by atoms with E-state index >= 15 is 0 Å². The Kier molecular flexibility index (Phi) is 8.85. The van der Waals surface area contributed by atoms with Gasteiger partial charge < -0.3 is 10.6 Å². The molecule has 0 aliphatic rings. The van der Waals surface area contributed by atoms with Crippen molar-refractivity contribution in [1.82, 2.24) is 10.6 Å². The van der Waals surface area contributed by atoms with Crippen LogP contribution in [-0.4, -0.2) is 24.0 Å². The Labute approximate surface area is 88.7 Å². The summed E-state index contributed by atoms with van der Waals surface area (Å²) in [5, 5.41) is 5.98. The van der Waals surface area contributed by atoms with Gasteiger partial charge in [0.2, 0.25) is 5.91 Å². The summed E-state index contributed by atoms with van der Waals surface area (Å²) in [7, 11) is 0. The van der Waals surface area contributed by atoms with Crippen LogP contribution < -0.4 is 10.6 Å². The van der Waals surface area contributed by atoms with Gasteiger partial charge in [0, 0.05) is 12.6 Å². The molecule has 86 valence electrons. The number of rotatable bonds is 4. The summed E-state index contributed by atoms with van der Waals surface area (Å²) in [5.74, 6) is 0.0544. The van der Waals surface area contributed by atoms with E-state index in [1.165, 1.54) is 0 Å². The SMILES string of the molecule is CC.CCNC(=O)C(C)(C)NC(C)C. The molecule has 2 N–H and O–H groups in total. The summed E-state index contributed by atoms with van der Waals surface area (Å²) < 4.78 is 0. The van der Waals surface area contributed by atoms with Gasteiger partial charge in [-0.15, -0.1) is 0 Å². The molecular formula is C11H26N2O. The minimum atomic E-state index is -0.468. The molecule has 0 aromatic rings. The molecule has 1 amide bonds. The first kappa shape index (κ1) is 15.9. The minimum absolute atomic E-state index is 0.0544. The zero-order valence-corrected chi connectivity index (χ0v) is 10.7. The zero-order chi connectivity index (χ0) is 11.8. The summed E-state index contributed by atoms with van der Waals surface area (Å²) in [6.07, 6.45) is 0. The molecule has 0 rings (SSSR count). The van der Waals surface area contributed by atoms with Gasteiger partial charge in [-0.1, -0.05) is 13.8 Å². The summed E-state index contributed by atoms with van der Waals surface area (Å²) >= 11 is 0. The van der Waals surface area contributed by atoms with E-state index in [1.807, 2.05) is 48.5 Å². The molecule has 0 aliphatic carbocycles. The van der Waals surface area contributed by atoms with Crippen LogP contribution >= 0.6 is 0 Å². The van der Waals surface area contributed by atoms with Crippen LogP contribution in [0.3, 0.4) is 0 Å². The third-order valence-electron chi connectivity index (χ3n) is 1.55. The van der Waals surface area contributed by atoms with Crippen LogP contribution in [0.25, 0.3) is 0 Å². The third-order valence-corrected chi connectivity index (χ3v) is 1.55. The van der Waals surface area contributed by atoms with Crippen molar-refractivity contribution in [2.75, 3.05) is 6.54 Å². The van der Waals surface area contributed by atoms with Crippen molar-refractivity contribution in [2.45, 2.75) is 60.0 Å². The number of carbonyl (C=O) groups is 1. The topological polar surface area (TPSA) is 41.1 Å². The van der Waals surface area contributed by atoms with E-state index < -0.39 is 5.54 Å². The van der Waals surface area contributed by atoms with Crippen LogP contribution in [0.2, 0.25) is 0 Å². The Morgan fingerprint density at radius 2 is 1.71 bits per heavy atom. The maximum absolute atomic E-state index is 11.4. The number of hydrogen-bond donors (Lipinski definition) is 2. The first-order valence-corrected chi connectivity index (χ1v) is 5.46. The number of amides is 1. The Hall–Kier alpha value is -0.570. The van der Waals surface area contributed by atoms with Crippen LogP contribution in [0, 0.1) is 0 Å². The molecule has 0 fully saturated rings. The molecule has 0 radical (unpaired) electrons. The lowest BCUT2D eigenvalue weighted by Crippen LogP contribution is -2.54. The molecule has 0 unspecified atom stereocenters. The summed E-state index contributed by atoms with van der Waals surface area (Å²) in [6.45, 7) is 14.4. The van der Waals surface area contributed by atoms with Crippen LogP contribution in [-0.2, 0) is 4.79 Å². The monoisotopic (exact) mass is 202 g/mol. The van der Waals surface area contributed by atoms with Crippen molar-refractivity contribution in [2.24, 2.45) is 0 Å². The van der Waals surface area contributed by atoms with Crippen molar-refractivity contribution < 1.29 is 4.79 Å². The predicted molar refractivity (Wildman–Crippen MR) is 62.4 cm³/mol. The van der Waals surface area contributed by atoms with E-state index in [-0.39, 0.29) is 5.91 Å². The van der Waals surface area contributed by atoms with Gasteiger partial charge in [-0.2, -0.15) is 0 Å². The predicted octanol–water partition coefficient (Wildman–Crippen LogP) is 1.93. The molecule has 0 aliphatic heterocycles. The van der Waals surface area contributed by atoms with Crippen molar-refractivity contribution >= 4 is 5.91 Å². The standard InChI is InChI=1S/C9H20N2O.C2H6/c1-6-10-8(12)9(4,5)11-7(2)3;1-2/h7,11H,6H2,1-5H3,(H,10,12);1-2H3. The van der Waals surface area contributed by atoms with E-state index in [0.717, 1.165) is 0 Å². The fourth-order valence-corrected chi connectivity index (χ4v) is 1.17. The van der Waals surface area contributed by atoms with Gasteiger partial charge in [-0.05, 0) is 34.6 Å². The summed E-state index contributed by atoms with van der Waals surface area (Å²) in [6, 6.07) is 0.322. The maximum atomic E-state index is 11.4. The fraction of sp³-hybridized carbons (Fsp3) is 0.909. The number of hydrogen-bond acceptors (Lipinski definition) is 2. The maximum Gasteiger partial charge on any atom is 0.239 e. The molecule has 0 aromatic carbocycles. The molecular weight excluding hydrogens is 176 g/mol. The van der Waals surface area contributed by atoms with Crippen molar-refractivity contribution in [3.05, 3.63) is 0 Å². The number of nitrogens with one attached hydrogen (secondary N) is 2. The molecule has 0 bridgehead atoms. The first-order chi connectivity index (χ1) is 6.40. The Morgan fingerprint density at radius 1 is 1.29 bits per heavy atom. The van der Waals surface area contributed by atoms with Crippen molar-refractivity contribution in [3.63, 3.8) is 0 Å². The first-order valence-electron chi connectivity index (χ1n) is 5.46. The smallest absolute Gasteiger partial charge is 0.239 e. The average Bonchev–Trinajstić information content (AvgIpc) is 2.06. The average molecular weight is 202 g/mol. The van der Waals surface area contributed by atoms with Gasteiger partial charge in [0.05, 0.1) is 5.54 Å². The molecule has 0 spiro atoms. The van der Waals surface area contributed by atoms with E-state index in [2.05, 4.69) is 10.6 Å². The quantitative estimate of drug-likeness (QED) is 0.731. The van der Waals surface area contributed by atoms with E-state index in [4.69, 9.17) is 0 Å². The highest BCUT2D eigenvalue weighted by atomic mass is 16.2. The van der Waals surface area contributed by atoms with Gasteiger partial charge >= 0.3 is 0 Å². The Bertz CT molecular complexity index is 153. The summed E-state index contributed by atoms with van der Waals surface area (Å²) in [5.41, 5.74) is -0.468. The highest BCUT2D eigenvalue weighted by Gasteiger charge is 2.26. The van der Waals surface area contributed by atoms with Gasteiger partial charge in [0.15, 0.2) is 0 Å². The second-order valence-corrected chi connectivity index (χ2v) is 3.78. The number of carbonyl (C=O) groups excluding carboxylic acids is 1. The Balaban J connectivity index is 0. The summed E-state index contributed by atoms with van der Waals surface area (Å²) in [4.78, 5) is 11.4. The second-order valence-electron chi connectivity index (χ2n) is 3.78. The van der Waals surface area contributed by atoms with E-state index in [0.29, 0.717) is 12.6 Å². The molecule has 0 saturated heterocycles. The van der Waals surface area contributed by atoms with E-state index in [9.17, 15) is 4.79 Å². The molecule has 0 heterocycles. The lowest BCUT2D eigenvalue weighted by Gasteiger charge is -2.27. The largest absolute Gasteiger partial charge is 0.355 e. The molecule has 0 saturated carbocycles. The van der Waals surface area contributed by atoms with Crippen LogP contribution in [0.5, 0.6) is 0 Å². The van der Waals surface area contributed by atoms with E-state index in [1.54, 1.807) is 0 Å². The molecule has 3 nitrogen and oxygen atoms in total. The van der Waals surface area contributed by atoms with Crippen molar-refractivity contribution in [3.8, 4) is 0 Å². The number of likely N-dealkylation sites (N-methyl/N-ethyl adjacent to an activating group) is 1.